The summed E-state index contributed by atoms with van der Waals surface area (Å²) in [5.41, 5.74) is 4.24. The van der Waals surface area contributed by atoms with Crippen LogP contribution in [-0.4, -0.2) is 5.78 Å². The van der Waals surface area contributed by atoms with Gasteiger partial charge in [0.1, 0.15) is 0 Å². The highest BCUT2D eigenvalue weighted by Gasteiger charge is 2.26. The number of hydrogen-bond acceptors (Lipinski definition) is 1. The van der Waals surface area contributed by atoms with Gasteiger partial charge in [-0.05, 0) is 49.8 Å². The quantitative estimate of drug-likeness (QED) is 0.665. The topological polar surface area (TPSA) is 17.1 Å². The highest BCUT2D eigenvalue weighted by atomic mass is 16.1. The van der Waals surface area contributed by atoms with E-state index < -0.39 is 0 Å². The molecule has 1 nitrogen and oxygen atoms in total. The number of carbonyl (C=O) groups excluding carboxylic acids is 1. The van der Waals surface area contributed by atoms with Crippen LogP contribution in [0.1, 0.15) is 39.2 Å². The van der Waals surface area contributed by atoms with Crippen LogP contribution in [0.3, 0.4) is 0 Å². The molecule has 0 N–H and O–H groups in total. The smallest absolute Gasteiger partial charge is 0.185 e. The Kier molecular flexibility index (Phi) is 3.81. The number of carbonyl (C=O) groups is 1. The lowest BCUT2D eigenvalue weighted by Gasteiger charge is -2.24. The van der Waals surface area contributed by atoms with Crippen LogP contribution in [0.2, 0.25) is 0 Å². The summed E-state index contributed by atoms with van der Waals surface area (Å²) in [7, 11) is 0. The van der Waals surface area contributed by atoms with Crippen molar-refractivity contribution in [1.29, 1.82) is 0 Å². The summed E-state index contributed by atoms with van der Waals surface area (Å²) < 4.78 is 0. The van der Waals surface area contributed by atoms with Gasteiger partial charge in [-0.15, -0.1) is 0 Å². The Morgan fingerprint density at radius 2 is 1.89 bits per heavy atom. The van der Waals surface area contributed by atoms with Gasteiger partial charge in [-0.2, -0.15) is 0 Å². The second kappa shape index (κ2) is 5.34. The fourth-order valence-electron chi connectivity index (χ4n) is 2.44. The summed E-state index contributed by atoms with van der Waals surface area (Å²) in [6.45, 7) is 6.21. The first-order chi connectivity index (χ1) is 8.59. The zero-order chi connectivity index (χ0) is 13.1. The van der Waals surface area contributed by atoms with E-state index in [2.05, 4.69) is 13.0 Å². The van der Waals surface area contributed by atoms with Gasteiger partial charge < -0.3 is 0 Å². The molecule has 1 aromatic carbocycles. The highest BCUT2D eigenvalue weighted by Crippen LogP contribution is 2.32. The van der Waals surface area contributed by atoms with Crippen LogP contribution >= 0.6 is 0 Å². The fraction of sp³-hybridized carbons (Fsp3) is 0.353. The largest absolute Gasteiger partial charge is 0.289 e. The lowest BCUT2D eigenvalue weighted by molar-refractivity contribution is -0.113. The average molecular weight is 240 g/mol. The molecule has 0 radical (unpaired) electrons. The van der Waals surface area contributed by atoms with E-state index in [4.69, 9.17) is 0 Å². The Bertz CT molecular complexity index is 502. The number of hydrogen-bond donors (Lipinski definition) is 0. The fourth-order valence-corrected chi connectivity index (χ4v) is 2.44. The van der Waals surface area contributed by atoms with E-state index in [1.165, 1.54) is 0 Å². The van der Waals surface area contributed by atoms with Crippen molar-refractivity contribution in [1.82, 2.24) is 0 Å². The van der Waals surface area contributed by atoms with E-state index in [0.717, 1.165) is 35.1 Å². The third kappa shape index (κ3) is 2.61. The van der Waals surface area contributed by atoms with Gasteiger partial charge in [0.25, 0.3) is 0 Å². The Labute approximate surface area is 109 Å². The first-order valence-electron chi connectivity index (χ1n) is 6.57. The maximum Gasteiger partial charge on any atom is 0.185 e. The molecule has 94 valence electrons. The SMILES string of the molecule is CC(C)=C1CC[C@H](C)C(=Cc2ccccc2)C1=O. The monoisotopic (exact) mass is 240 g/mol. The van der Waals surface area contributed by atoms with Gasteiger partial charge in [0, 0.05) is 5.57 Å². The predicted octanol–water partition coefficient (Wildman–Crippen LogP) is 4.41. The molecule has 1 fully saturated rings. The Hall–Kier alpha value is -1.63. The van der Waals surface area contributed by atoms with Crippen molar-refractivity contribution >= 4 is 11.9 Å². The zero-order valence-electron chi connectivity index (χ0n) is 11.4. The first kappa shape index (κ1) is 12.8. The summed E-state index contributed by atoms with van der Waals surface area (Å²) in [6.07, 6.45) is 4.05. The number of Topliss-reactive ketones (excluding diaryl/α,β-unsaturated/α-hetero) is 1. The molecule has 0 saturated heterocycles. The average Bonchev–Trinajstić information content (AvgIpc) is 2.35. The molecule has 0 aliphatic heterocycles. The van der Waals surface area contributed by atoms with Gasteiger partial charge in [0.15, 0.2) is 5.78 Å². The van der Waals surface area contributed by atoms with Crippen molar-refractivity contribution in [2.45, 2.75) is 33.6 Å². The minimum absolute atomic E-state index is 0.248. The normalized spacial score (nSPS) is 22.4. The molecule has 2 rings (SSSR count). The molecule has 1 atom stereocenters. The van der Waals surface area contributed by atoms with E-state index in [9.17, 15) is 4.79 Å². The van der Waals surface area contributed by atoms with Crippen LogP contribution in [0.4, 0.5) is 0 Å². The lowest BCUT2D eigenvalue weighted by atomic mass is 9.79. The van der Waals surface area contributed by atoms with Crippen LogP contribution in [-0.2, 0) is 4.79 Å². The van der Waals surface area contributed by atoms with Crippen molar-refractivity contribution in [3.63, 3.8) is 0 Å². The zero-order valence-corrected chi connectivity index (χ0v) is 11.4. The summed E-state index contributed by atoms with van der Waals surface area (Å²) in [6, 6.07) is 10.1. The van der Waals surface area contributed by atoms with Crippen molar-refractivity contribution in [3.8, 4) is 0 Å². The first-order valence-corrected chi connectivity index (χ1v) is 6.57. The second-order valence-corrected chi connectivity index (χ2v) is 5.26. The maximum absolute atomic E-state index is 12.5. The molecule has 1 aliphatic rings. The molecule has 18 heavy (non-hydrogen) atoms. The van der Waals surface area contributed by atoms with Crippen LogP contribution in [0.15, 0.2) is 47.1 Å². The molecule has 0 spiro atoms. The molecular weight excluding hydrogens is 220 g/mol. The van der Waals surface area contributed by atoms with Gasteiger partial charge in [-0.1, -0.05) is 42.8 Å². The minimum Gasteiger partial charge on any atom is -0.289 e. The Morgan fingerprint density at radius 3 is 2.50 bits per heavy atom. The van der Waals surface area contributed by atoms with E-state index in [1.54, 1.807) is 0 Å². The predicted molar refractivity (Wildman–Crippen MR) is 76.2 cm³/mol. The molecule has 0 unspecified atom stereocenters. The minimum atomic E-state index is 0.248. The maximum atomic E-state index is 12.5. The molecular formula is C17H20O. The standard InChI is InChI=1S/C17H20O/c1-12(2)15-10-9-13(3)16(17(15)18)11-14-7-5-4-6-8-14/h4-8,11,13H,9-10H2,1-3H3/t13-/m0/s1. The van der Waals surface area contributed by atoms with E-state index >= 15 is 0 Å². The van der Waals surface area contributed by atoms with Gasteiger partial charge in [0.2, 0.25) is 0 Å². The summed E-state index contributed by atoms with van der Waals surface area (Å²) >= 11 is 0. The Balaban J connectivity index is 2.39. The van der Waals surface area contributed by atoms with E-state index in [-0.39, 0.29) is 5.78 Å². The molecule has 1 saturated carbocycles. The van der Waals surface area contributed by atoms with Crippen LogP contribution in [0.25, 0.3) is 6.08 Å². The van der Waals surface area contributed by atoms with Crippen molar-refractivity contribution in [2.24, 2.45) is 5.92 Å². The molecule has 1 heteroatoms. The summed E-state index contributed by atoms with van der Waals surface area (Å²) in [4.78, 5) is 12.5. The van der Waals surface area contributed by atoms with Gasteiger partial charge in [-0.3, -0.25) is 4.79 Å². The third-order valence-electron chi connectivity index (χ3n) is 3.62. The summed E-state index contributed by atoms with van der Waals surface area (Å²) in [5, 5.41) is 0. The molecule has 1 aromatic rings. The lowest BCUT2D eigenvalue weighted by Crippen LogP contribution is -2.20. The molecule has 0 aromatic heterocycles. The molecule has 0 heterocycles. The Morgan fingerprint density at radius 1 is 1.22 bits per heavy atom. The van der Waals surface area contributed by atoms with Gasteiger partial charge in [-0.25, -0.2) is 0 Å². The van der Waals surface area contributed by atoms with Crippen LogP contribution < -0.4 is 0 Å². The highest BCUT2D eigenvalue weighted by molar-refractivity contribution is 6.12. The van der Waals surface area contributed by atoms with E-state index in [1.807, 2.05) is 44.2 Å². The molecule has 0 bridgehead atoms. The molecule has 1 aliphatic carbocycles. The molecule has 0 amide bonds. The number of rotatable bonds is 1. The summed E-state index contributed by atoms with van der Waals surface area (Å²) in [5.74, 6) is 0.610. The van der Waals surface area contributed by atoms with Gasteiger partial charge in [0.05, 0.1) is 0 Å². The van der Waals surface area contributed by atoms with Crippen LogP contribution in [0, 0.1) is 5.92 Å². The second-order valence-electron chi connectivity index (χ2n) is 5.26. The number of benzene rings is 1. The van der Waals surface area contributed by atoms with Crippen molar-refractivity contribution < 1.29 is 4.79 Å². The van der Waals surface area contributed by atoms with E-state index in [0.29, 0.717) is 5.92 Å². The van der Waals surface area contributed by atoms with Crippen molar-refractivity contribution in [2.75, 3.05) is 0 Å². The van der Waals surface area contributed by atoms with Gasteiger partial charge >= 0.3 is 0 Å². The number of ketones is 1. The third-order valence-corrected chi connectivity index (χ3v) is 3.62. The van der Waals surface area contributed by atoms with Crippen molar-refractivity contribution in [3.05, 3.63) is 52.6 Å². The van der Waals surface area contributed by atoms with Crippen LogP contribution in [0.5, 0.6) is 0 Å². The number of allylic oxidation sites excluding steroid dienone is 3.